The van der Waals surface area contributed by atoms with Crippen molar-refractivity contribution < 1.29 is 19.1 Å². The standard InChI is InChI=1S/C20H18ClN3O4/c21-14-4-1-2-6-17(14)28-11-18(25)22-12-7-8-15-13(10-12)20(27)24-9-3-5-16(24)19(26)23-15/h1-2,4,6-8,10,16H,3,5,9,11H2,(H,22,25)(H,23,26)/t16-/m0/s1. The minimum atomic E-state index is -0.429. The number of anilines is 2. The van der Waals surface area contributed by atoms with E-state index in [0.717, 1.165) is 6.42 Å². The molecule has 144 valence electrons. The van der Waals surface area contributed by atoms with E-state index in [9.17, 15) is 14.4 Å². The molecule has 2 N–H and O–H groups in total. The van der Waals surface area contributed by atoms with Crippen LogP contribution in [-0.4, -0.2) is 41.8 Å². The van der Waals surface area contributed by atoms with Gasteiger partial charge in [0.2, 0.25) is 5.91 Å². The van der Waals surface area contributed by atoms with Crippen molar-refractivity contribution in [1.82, 2.24) is 4.90 Å². The first kappa shape index (κ1) is 18.3. The maximum absolute atomic E-state index is 12.8. The molecule has 3 amide bonds. The van der Waals surface area contributed by atoms with Crippen LogP contribution in [0, 0.1) is 0 Å². The number of fused-ring (bicyclic) bond motifs is 2. The van der Waals surface area contributed by atoms with Crippen molar-refractivity contribution in [2.45, 2.75) is 18.9 Å². The first-order valence-corrected chi connectivity index (χ1v) is 9.34. The molecule has 2 aromatic carbocycles. The lowest BCUT2D eigenvalue weighted by Gasteiger charge is -2.20. The van der Waals surface area contributed by atoms with Gasteiger partial charge in [-0.3, -0.25) is 14.4 Å². The van der Waals surface area contributed by atoms with Gasteiger partial charge in [-0.15, -0.1) is 0 Å². The second kappa shape index (κ2) is 7.52. The van der Waals surface area contributed by atoms with Gasteiger partial charge in [-0.1, -0.05) is 23.7 Å². The number of para-hydroxylation sites is 1. The summed E-state index contributed by atoms with van der Waals surface area (Å²) in [5.41, 5.74) is 1.27. The van der Waals surface area contributed by atoms with Crippen molar-refractivity contribution in [2.24, 2.45) is 0 Å². The second-order valence-corrected chi connectivity index (χ2v) is 7.08. The topological polar surface area (TPSA) is 87.7 Å². The van der Waals surface area contributed by atoms with Gasteiger partial charge in [-0.25, -0.2) is 0 Å². The predicted octanol–water partition coefficient (Wildman–Crippen LogP) is 2.91. The molecule has 2 aliphatic heterocycles. The Hall–Kier alpha value is -3.06. The van der Waals surface area contributed by atoms with E-state index in [1.54, 1.807) is 47.4 Å². The number of nitrogens with one attached hydrogen (secondary N) is 2. The Bertz CT molecular complexity index is 962. The fourth-order valence-electron chi connectivity index (χ4n) is 3.46. The molecule has 2 aliphatic rings. The molecule has 1 atom stereocenters. The van der Waals surface area contributed by atoms with Crippen molar-refractivity contribution in [2.75, 3.05) is 23.8 Å². The normalized spacial score (nSPS) is 18.0. The highest BCUT2D eigenvalue weighted by Gasteiger charge is 2.38. The number of halogens is 1. The Labute approximate surface area is 166 Å². The summed E-state index contributed by atoms with van der Waals surface area (Å²) in [5, 5.41) is 5.93. The highest BCUT2D eigenvalue weighted by atomic mass is 35.5. The Morgan fingerprint density at radius 2 is 2.07 bits per heavy atom. The molecule has 0 radical (unpaired) electrons. The molecule has 0 bridgehead atoms. The molecule has 0 unspecified atom stereocenters. The minimum Gasteiger partial charge on any atom is -0.482 e. The molecule has 28 heavy (non-hydrogen) atoms. The van der Waals surface area contributed by atoms with Gasteiger partial charge in [0, 0.05) is 12.2 Å². The summed E-state index contributed by atoms with van der Waals surface area (Å²) in [6.45, 7) is 0.332. The summed E-state index contributed by atoms with van der Waals surface area (Å²) in [7, 11) is 0. The van der Waals surface area contributed by atoms with E-state index in [1.807, 2.05) is 0 Å². The van der Waals surface area contributed by atoms with Crippen LogP contribution in [0.2, 0.25) is 5.02 Å². The minimum absolute atomic E-state index is 0.172. The molecular formula is C20H18ClN3O4. The number of rotatable bonds is 4. The van der Waals surface area contributed by atoms with Crippen LogP contribution < -0.4 is 15.4 Å². The summed E-state index contributed by atoms with van der Waals surface area (Å²) in [6, 6.07) is 11.3. The zero-order valence-electron chi connectivity index (χ0n) is 14.9. The molecule has 1 saturated heterocycles. The Morgan fingerprint density at radius 3 is 2.89 bits per heavy atom. The van der Waals surface area contributed by atoms with Gasteiger partial charge in [-0.05, 0) is 43.2 Å². The summed E-state index contributed by atoms with van der Waals surface area (Å²) >= 11 is 6.00. The second-order valence-electron chi connectivity index (χ2n) is 6.67. The van der Waals surface area contributed by atoms with E-state index in [2.05, 4.69) is 10.6 Å². The van der Waals surface area contributed by atoms with Crippen LogP contribution in [0.25, 0.3) is 0 Å². The first-order valence-electron chi connectivity index (χ1n) is 8.96. The molecular weight excluding hydrogens is 382 g/mol. The third-order valence-electron chi connectivity index (χ3n) is 4.80. The number of carbonyl (C=O) groups is 3. The molecule has 2 aromatic rings. The van der Waals surface area contributed by atoms with Crippen LogP contribution in [0.15, 0.2) is 42.5 Å². The molecule has 0 aliphatic carbocycles. The van der Waals surface area contributed by atoms with Gasteiger partial charge in [-0.2, -0.15) is 0 Å². The van der Waals surface area contributed by atoms with Crippen LogP contribution in [0.5, 0.6) is 5.75 Å². The third kappa shape index (κ3) is 3.53. The molecule has 8 heteroatoms. The summed E-state index contributed by atoms with van der Waals surface area (Å²) < 4.78 is 5.42. The average molecular weight is 400 g/mol. The van der Waals surface area contributed by atoms with E-state index >= 15 is 0 Å². The van der Waals surface area contributed by atoms with Gasteiger partial charge in [0.15, 0.2) is 6.61 Å². The molecule has 4 rings (SSSR count). The molecule has 1 fully saturated rings. The SMILES string of the molecule is O=C(COc1ccccc1Cl)Nc1ccc2c(c1)C(=O)N1CCC[C@H]1C(=O)N2. The van der Waals surface area contributed by atoms with Crippen molar-refractivity contribution in [1.29, 1.82) is 0 Å². The lowest BCUT2D eigenvalue weighted by molar-refractivity contribution is -0.119. The number of ether oxygens (including phenoxy) is 1. The molecule has 0 saturated carbocycles. The zero-order chi connectivity index (χ0) is 19.7. The third-order valence-corrected chi connectivity index (χ3v) is 5.12. The monoisotopic (exact) mass is 399 g/mol. The zero-order valence-corrected chi connectivity index (χ0v) is 15.7. The largest absolute Gasteiger partial charge is 0.482 e. The predicted molar refractivity (Wildman–Crippen MR) is 105 cm³/mol. The van der Waals surface area contributed by atoms with Crippen LogP contribution in [-0.2, 0) is 9.59 Å². The highest BCUT2D eigenvalue weighted by molar-refractivity contribution is 6.32. The van der Waals surface area contributed by atoms with Gasteiger partial charge in [0.05, 0.1) is 16.3 Å². The summed E-state index contributed by atoms with van der Waals surface area (Å²) in [6.07, 6.45) is 1.46. The van der Waals surface area contributed by atoms with Crippen molar-refractivity contribution in [3.05, 3.63) is 53.1 Å². The molecule has 2 heterocycles. The number of carbonyl (C=O) groups excluding carboxylic acids is 3. The van der Waals surface area contributed by atoms with Gasteiger partial charge in [0.1, 0.15) is 11.8 Å². The fraction of sp³-hybridized carbons (Fsp3) is 0.250. The smallest absolute Gasteiger partial charge is 0.262 e. The Balaban J connectivity index is 1.47. The summed E-state index contributed by atoms with van der Waals surface area (Å²) in [4.78, 5) is 38.9. The Morgan fingerprint density at radius 1 is 1.25 bits per heavy atom. The highest BCUT2D eigenvalue weighted by Crippen LogP contribution is 2.30. The van der Waals surface area contributed by atoms with E-state index in [0.29, 0.717) is 40.7 Å². The number of hydrogen-bond acceptors (Lipinski definition) is 4. The number of hydrogen-bond donors (Lipinski definition) is 2. The maximum Gasteiger partial charge on any atom is 0.262 e. The molecule has 0 spiro atoms. The van der Waals surface area contributed by atoms with E-state index < -0.39 is 6.04 Å². The fourth-order valence-corrected chi connectivity index (χ4v) is 3.65. The van der Waals surface area contributed by atoms with Crippen molar-refractivity contribution >= 4 is 40.7 Å². The van der Waals surface area contributed by atoms with E-state index in [1.165, 1.54) is 0 Å². The lowest BCUT2D eigenvalue weighted by Crippen LogP contribution is -2.40. The van der Waals surface area contributed by atoms with Crippen LogP contribution in [0.1, 0.15) is 23.2 Å². The summed E-state index contributed by atoms with van der Waals surface area (Å²) in [5.74, 6) is -0.350. The van der Waals surface area contributed by atoms with Gasteiger partial charge < -0.3 is 20.3 Å². The molecule has 7 nitrogen and oxygen atoms in total. The number of nitrogens with zero attached hydrogens (tertiary/aromatic N) is 1. The maximum atomic E-state index is 12.8. The quantitative estimate of drug-likeness (QED) is 0.827. The van der Waals surface area contributed by atoms with Crippen LogP contribution in [0.4, 0.5) is 11.4 Å². The number of amides is 3. The molecule has 0 aromatic heterocycles. The first-order chi connectivity index (χ1) is 13.5. The lowest BCUT2D eigenvalue weighted by atomic mass is 10.1. The van der Waals surface area contributed by atoms with Gasteiger partial charge in [0.25, 0.3) is 11.8 Å². The Kier molecular flexibility index (Phi) is 4.92. The van der Waals surface area contributed by atoms with Crippen LogP contribution in [0.3, 0.4) is 0 Å². The van der Waals surface area contributed by atoms with Crippen LogP contribution >= 0.6 is 11.6 Å². The number of benzene rings is 2. The average Bonchev–Trinajstić information content (AvgIpc) is 3.15. The van der Waals surface area contributed by atoms with E-state index in [4.69, 9.17) is 16.3 Å². The van der Waals surface area contributed by atoms with Crippen molar-refractivity contribution in [3.8, 4) is 5.75 Å². The van der Waals surface area contributed by atoms with E-state index in [-0.39, 0.29) is 24.3 Å². The van der Waals surface area contributed by atoms with Crippen molar-refractivity contribution in [3.63, 3.8) is 0 Å². The van der Waals surface area contributed by atoms with Gasteiger partial charge >= 0.3 is 0 Å².